The first-order valence-electron chi connectivity index (χ1n) is 8.43. The topological polar surface area (TPSA) is 86.7 Å². The molecule has 3 rings (SSSR count). The molecule has 128 valence electrons. The zero-order valence-electron chi connectivity index (χ0n) is 13.5. The molecule has 2 N–H and O–H groups in total. The van der Waals surface area contributed by atoms with Crippen LogP contribution in [0.15, 0.2) is 24.3 Å². The number of rotatable bonds is 5. The molecule has 2 amide bonds. The summed E-state index contributed by atoms with van der Waals surface area (Å²) in [5.74, 6) is -1.11. The smallest absolute Gasteiger partial charge is 0.308 e. The maximum absolute atomic E-state index is 12.4. The number of anilines is 1. The molecule has 2 aliphatic rings. The standard InChI is InChI=1S/C18H22N2O4/c21-16(20-9-1-2-14(11-20)18(23)24)10-12-3-7-15(8-4-12)19-17(22)13-5-6-13/h3-4,7-8,13-14H,1-2,5-6,9-11H2,(H,19,22)(H,23,24). The van der Waals surface area contributed by atoms with Crippen LogP contribution in [0.25, 0.3) is 0 Å². The van der Waals surface area contributed by atoms with Gasteiger partial charge in [-0.1, -0.05) is 12.1 Å². The second-order valence-corrected chi connectivity index (χ2v) is 6.65. The number of carbonyl (C=O) groups excluding carboxylic acids is 2. The molecule has 6 nitrogen and oxygen atoms in total. The van der Waals surface area contributed by atoms with Crippen molar-refractivity contribution in [1.82, 2.24) is 4.90 Å². The van der Waals surface area contributed by atoms with Crippen molar-refractivity contribution in [3.63, 3.8) is 0 Å². The number of benzene rings is 1. The molecule has 1 unspecified atom stereocenters. The third-order valence-electron chi connectivity index (χ3n) is 4.65. The van der Waals surface area contributed by atoms with E-state index < -0.39 is 11.9 Å². The molecule has 2 fully saturated rings. The summed E-state index contributed by atoms with van der Waals surface area (Å²) >= 11 is 0. The van der Waals surface area contributed by atoms with E-state index in [2.05, 4.69) is 5.32 Å². The third kappa shape index (κ3) is 4.13. The number of amides is 2. The molecule has 1 aliphatic heterocycles. The molecule has 1 saturated heterocycles. The Kier molecular flexibility index (Phi) is 4.83. The Bertz CT molecular complexity index is 637. The predicted molar refractivity (Wildman–Crippen MR) is 88.4 cm³/mol. The highest BCUT2D eigenvalue weighted by Gasteiger charge is 2.30. The molecule has 1 saturated carbocycles. The third-order valence-corrected chi connectivity index (χ3v) is 4.65. The van der Waals surface area contributed by atoms with Crippen LogP contribution < -0.4 is 5.32 Å². The van der Waals surface area contributed by atoms with Gasteiger partial charge in [-0.3, -0.25) is 14.4 Å². The van der Waals surface area contributed by atoms with E-state index in [0.717, 1.165) is 30.5 Å². The van der Waals surface area contributed by atoms with Gasteiger partial charge in [-0.05, 0) is 43.4 Å². The minimum absolute atomic E-state index is 0.0456. The predicted octanol–water partition coefficient (Wildman–Crippen LogP) is 1.90. The fourth-order valence-electron chi connectivity index (χ4n) is 2.99. The zero-order valence-corrected chi connectivity index (χ0v) is 13.5. The van der Waals surface area contributed by atoms with Gasteiger partial charge in [-0.25, -0.2) is 0 Å². The number of carboxylic acid groups (broad SMARTS) is 1. The van der Waals surface area contributed by atoms with Crippen LogP contribution in [0.1, 0.15) is 31.2 Å². The van der Waals surface area contributed by atoms with Crippen LogP contribution in [0, 0.1) is 11.8 Å². The monoisotopic (exact) mass is 330 g/mol. The van der Waals surface area contributed by atoms with E-state index >= 15 is 0 Å². The van der Waals surface area contributed by atoms with Gasteiger partial charge in [-0.2, -0.15) is 0 Å². The second-order valence-electron chi connectivity index (χ2n) is 6.65. The molecule has 1 heterocycles. The lowest BCUT2D eigenvalue weighted by Gasteiger charge is -2.30. The molecule has 6 heteroatoms. The highest BCUT2D eigenvalue weighted by atomic mass is 16.4. The first kappa shape index (κ1) is 16.5. The van der Waals surface area contributed by atoms with Gasteiger partial charge in [0.1, 0.15) is 0 Å². The van der Waals surface area contributed by atoms with Crippen LogP contribution >= 0.6 is 0 Å². The van der Waals surface area contributed by atoms with E-state index in [4.69, 9.17) is 5.11 Å². The van der Waals surface area contributed by atoms with Gasteiger partial charge in [0.2, 0.25) is 11.8 Å². The molecule has 24 heavy (non-hydrogen) atoms. The van der Waals surface area contributed by atoms with Crippen molar-refractivity contribution in [2.24, 2.45) is 11.8 Å². The van der Waals surface area contributed by atoms with Crippen LogP contribution in [-0.4, -0.2) is 40.9 Å². The van der Waals surface area contributed by atoms with E-state index in [0.29, 0.717) is 19.5 Å². The van der Waals surface area contributed by atoms with Crippen LogP contribution in [0.2, 0.25) is 0 Å². The molecule has 0 aromatic heterocycles. The summed E-state index contributed by atoms with van der Waals surface area (Å²) in [6.07, 6.45) is 3.55. The maximum Gasteiger partial charge on any atom is 0.308 e. The van der Waals surface area contributed by atoms with Crippen molar-refractivity contribution >= 4 is 23.5 Å². The van der Waals surface area contributed by atoms with Gasteiger partial charge in [0.05, 0.1) is 12.3 Å². The fraction of sp³-hybridized carbons (Fsp3) is 0.500. The number of carbonyl (C=O) groups is 3. The first-order chi connectivity index (χ1) is 11.5. The maximum atomic E-state index is 12.4. The molecule has 1 aromatic rings. The second kappa shape index (κ2) is 7.03. The lowest BCUT2D eigenvalue weighted by Crippen LogP contribution is -2.42. The normalized spacial score (nSPS) is 20.5. The highest BCUT2D eigenvalue weighted by molar-refractivity contribution is 5.94. The molecule has 1 aromatic carbocycles. The van der Waals surface area contributed by atoms with Crippen molar-refractivity contribution in [2.75, 3.05) is 18.4 Å². The Morgan fingerprint density at radius 3 is 2.42 bits per heavy atom. The molecule has 1 atom stereocenters. The molecule has 1 aliphatic carbocycles. The number of nitrogens with zero attached hydrogens (tertiary/aromatic N) is 1. The highest BCUT2D eigenvalue weighted by Crippen LogP contribution is 2.30. The van der Waals surface area contributed by atoms with Crippen molar-refractivity contribution in [2.45, 2.75) is 32.1 Å². The van der Waals surface area contributed by atoms with Crippen molar-refractivity contribution < 1.29 is 19.5 Å². The average Bonchev–Trinajstić information content (AvgIpc) is 3.41. The van der Waals surface area contributed by atoms with Crippen molar-refractivity contribution in [1.29, 1.82) is 0 Å². The zero-order chi connectivity index (χ0) is 17.1. The van der Waals surface area contributed by atoms with Crippen LogP contribution in [-0.2, 0) is 20.8 Å². The number of nitrogens with one attached hydrogen (secondary N) is 1. The quantitative estimate of drug-likeness (QED) is 0.863. The Hall–Kier alpha value is -2.37. The lowest BCUT2D eigenvalue weighted by atomic mass is 9.97. The number of likely N-dealkylation sites (tertiary alicyclic amines) is 1. The minimum Gasteiger partial charge on any atom is -0.481 e. The van der Waals surface area contributed by atoms with E-state index in [1.165, 1.54) is 0 Å². The Morgan fingerprint density at radius 1 is 1.08 bits per heavy atom. The molecule has 0 bridgehead atoms. The van der Waals surface area contributed by atoms with Gasteiger partial charge in [0.15, 0.2) is 0 Å². The number of hydrogen-bond acceptors (Lipinski definition) is 3. The van der Waals surface area contributed by atoms with Crippen LogP contribution in [0.5, 0.6) is 0 Å². The first-order valence-corrected chi connectivity index (χ1v) is 8.43. The number of carboxylic acids is 1. The summed E-state index contributed by atoms with van der Waals surface area (Å²) < 4.78 is 0. The lowest BCUT2D eigenvalue weighted by molar-refractivity contribution is -0.145. The summed E-state index contributed by atoms with van der Waals surface area (Å²) in [7, 11) is 0. The van der Waals surface area contributed by atoms with E-state index in [1.54, 1.807) is 17.0 Å². The number of aliphatic carboxylic acids is 1. The largest absolute Gasteiger partial charge is 0.481 e. The van der Waals surface area contributed by atoms with Gasteiger partial charge in [0, 0.05) is 24.7 Å². The summed E-state index contributed by atoms with van der Waals surface area (Å²) in [5.41, 5.74) is 1.61. The molecule has 0 spiro atoms. The summed E-state index contributed by atoms with van der Waals surface area (Å²) in [5, 5.41) is 12.0. The van der Waals surface area contributed by atoms with Crippen LogP contribution in [0.3, 0.4) is 0 Å². The van der Waals surface area contributed by atoms with Crippen molar-refractivity contribution in [3.05, 3.63) is 29.8 Å². The van der Waals surface area contributed by atoms with Gasteiger partial charge in [0.25, 0.3) is 0 Å². The average molecular weight is 330 g/mol. The Morgan fingerprint density at radius 2 is 1.79 bits per heavy atom. The summed E-state index contributed by atoms with van der Waals surface area (Å²) in [6.45, 7) is 0.918. The molecule has 0 radical (unpaired) electrons. The Labute approximate surface area is 140 Å². The van der Waals surface area contributed by atoms with E-state index in [1.807, 2.05) is 12.1 Å². The van der Waals surface area contributed by atoms with Crippen LogP contribution in [0.4, 0.5) is 5.69 Å². The minimum atomic E-state index is -0.830. The summed E-state index contributed by atoms with van der Waals surface area (Å²) in [6, 6.07) is 7.27. The summed E-state index contributed by atoms with van der Waals surface area (Å²) in [4.78, 5) is 36.8. The van der Waals surface area contributed by atoms with E-state index in [9.17, 15) is 14.4 Å². The fourth-order valence-corrected chi connectivity index (χ4v) is 2.99. The van der Waals surface area contributed by atoms with Gasteiger partial charge in [-0.15, -0.1) is 0 Å². The van der Waals surface area contributed by atoms with E-state index in [-0.39, 0.29) is 24.2 Å². The van der Waals surface area contributed by atoms with Crippen molar-refractivity contribution in [3.8, 4) is 0 Å². The number of hydrogen-bond donors (Lipinski definition) is 2. The molecular weight excluding hydrogens is 308 g/mol. The van der Waals surface area contributed by atoms with Gasteiger partial charge < -0.3 is 15.3 Å². The molecular formula is C18H22N2O4. The SMILES string of the molecule is O=C(O)C1CCCN(C(=O)Cc2ccc(NC(=O)C3CC3)cc2)C1. The Balaban J connectivity index is 1.54. The van der Waals surface area contributed by atoms with Gasteiger partial charge >= 0.3 is 5.97 Å². The number of piperidine rings is 1.